The molecule has 2 atom stereocenters. The Hall–Kier alpha value is -1.76. The van der Waals surface area contributed by atoms with E-state index >= 15 is 0 Å². The van der Waals surface area contributed by atoms with Crippen molar-refractivity contribution < 1.29 is 27.8 Å². The van der Waals surface area contributed by atoms with Gasteiger partial charge in [0, 0.05) is 19.5 Å². The first kappa shape index (κ1) is 13.7. The van der Waals surface area contributed by atoms with Gasteiger partial charge in [-0.15, -0.1) is 0 Å². The number of aliphatic carboxylic acids is 1. The molecule has 1 aliphatic heterocycles. The Morgan fingerprint density at radius 3 is 2.68 bits per heavy atom. The number of nitrogens with one attached hydrogen (secondary N) is 1. The Kier molecular flexibility index (Phi) is 3.94. The molecule has 0 amide bonds. The zero-order valence-electron chi connectivity index (χ0n) is 9.83. The van der Waals surface area contributed by atoms with Crippen molar-refractivity contribution in [2.75, 3.05) is 13.1 Å². The van der Waals surface area contributed by atoms with E-state index in [0.29, 0.717) is 13.1 Å². The average molecular weight is 275 g/mol. The number of carboxylic acid groups (broad SMARTS) is 1. The summed E-state index contributed by atoms with van der Waals surface area (Å²) in [4.78, 5) is 10.8. The van der Waals surface area contributed by atoms with Gasteiger partial charge in [-0.05, 0) is 12.1 Å². The Bertz CT molecular complexity index is 495. The smallest absolute Gasteiger partial charge is 0.307 e. The van der Waals surface area contributed by atoms with Crippen molar-refractivity contribution in [3.05, 3.63) is 29.6 Å². The predicted octanol–water partition coefficient (Wildman–Crippen LogP) is 1.55. The average Bonchev–Trinajstić information content (AvgIpc) is 2.40. The molecule has 1 aromatic rings. The van der Waals surface area contributed by atoms with Crippen molar-refractivity contribution >= 4 is 5.97 Å². The summed E-state index contributed by atoms with van der Waals surface area (Å²) in [7, 11) is 0. The summed E-state index contributed by atoms with van der Waals surface area (Å²) in [6, 6.07) is 1.75. The molecule has 7 heteroatoms. The summed E-state index contributed by atoms with van der Waals surface area (Å²) in [6.45, 7) is 0.623. The van der Waals surface area contributed by atoms with Crippen LogP contribution in [0, 0.1) is 23.4 Å². The minimum Gasteiger partial charge on any atom is -0.486 e. The van der Waals surface area contributed by atoms with E-state index < -0.39 is 41.2 Å². The quantitative estimate of drug-likeness (QED) is 0.822. The molecule has 1 aromatic carbocycles. The van der Waals surface area contributed by atoms with Gasteiger partial charge < -0.3 is 15.2 Å². The van der Waals surface area contributed by atoms with Crippen LogP contribution in [0.1, 0.15) is 6.42 Å². The first-order valence-corrected chi connectivity index (χ1v) is 5.72. The summed E-state index contributed by atoms with van der Waals surface area (Å²) in [5.41, 5.74) is 0. The third kappa shape index (κ3) is 2.98. The normalized spacial score (nSPS) is 23.1. The number of benzene rings is 1. The van der Waals surface area contributed by atoms with Gasteiger partial charge in [0.15, 0.2) is 17.4 Å². The maximum atomic E-state index is 13.4. The molecule has 0 bridgehead atoms. The van der Waals surface area contributed by atoms with Crippen LogP contribution in [0.5, 0.6) is 5.75 Å². The highest BCUT2D eigenvalue weighted by Crippen LogP contribution is 2.25. The van der Waals surface area contributed by atoms with Crippen LogP contribution in [-0.2, 0) is 4.79 Å². The van der Waals surface area contributed by atoms with Crippen LogP contribution in [0.25, 0.3) is 0 Å². The van der Waals surface area contributed by atoms with Gasteiger partial charge in [-0.1, -0.05) is 0 Å². The van der Waals surface area contributed by atoms with Crippen molar-refractivity contribution in [2.24, 2.45) is 5.92 Å². The highest BCUT2D eigenvalue weighted by atomic mass is 19.2. The molecule has 0 aliphatic carbocycles. The highest BCUT2D eigenvalue weighted by Gasteiger charge is 2.29. The molecule has 2 rings (SSSR count). The molecule has 1 saturated heterocycles. The van der Waals surface area contributed by atoms with Gasteiger partial charge in [-0.25, -0.2) is 8.78 Å². The fourth-order valence-corrected chi connectivity index (χ4v) is 1.96. The third-order valence-electron chi connectivity index (χ3n) is 2.95. The molecule has 1 aliphatic rings. The molecule has 104 valence electrons. The van der Waals surface area contributed by atoms with Crippen molar-refractivity contribution in [1.29, 1.82) is 0 Å². The lowest BCUT2D eigenvalue weighted by molar-refractivity contribution is -0.143. The zero-order valence-corrected chi connectivity index (χ0v) is 9.83. The number of halogens is 3. The monoisotopic (exact) mass is 275 g/mol. The van der Waals surface area contributed by atoms with E-state index in [-0.39, 0.29) is 6.42 Å². The number of carbonyl (C=O) groups is 1. The third-order valence-corrected chi connectivity index (χ3v) is 2.95. The number of ether oxygens (including phenoxy) is 1. The molecule has 2 N–H and O–H groups in total. The summed E-state index contributed by atoms with van der Waals surface area (Å²) in [5, 5.41) is 11.7. The topological polar surface area (TPSA) is 58.6 Å². The summed E-state index contributed by atoms with van der Waals surface area (Å²) < 4.78 is 44.3. The molecule has 1 heterocycles. The van der Waals surface area contributed by atoms with Crippen LogP contribution in [0.4, 0.5) is 13.2 Å². The van der Waals surface area contributed by atoms with Crippen molar-refractivity contribution in [2.45, 2.75) is 12.5 Å². The standard InChI is InChI=1S/C12H12F3NO3/c13-8-1-2-9(11(15)10(8)14)19-7-3-6(12(17)18)4-16-5-7/h1-2,6-7,16H,3-5H2,(H,17,18). The fraction of sp³-hybridized carbons (Fsp3) is 0.417. The van der Waals surface area contributed by atoms with Gasteiger partial charge >= 0.3 is 5.97 Å². The SMILES string of the molecule is O=C(O)C1CNCC(Oc2ccc(F)c(F)c2F)C1. The molecule has 0 aromatic heterocycles. The molecule has 2 unspecified atom stereocenters. The molecular weight excluding hydrogens is 263 g/mol. The number of hydrogen-bond acceptors (Lipinski definition) is 3. The number of rotatable bonds is 3. The first-order valence-electron chi connectivity index (χ1n) is 5.72. The fourth-order valence-electron chi connectivity index (χ4n) is 1.96. The second-order valence-corrected chi connectivity index (χ2v) is 4.34. The van der Waals surface area contributed by atoms with E-state index in [1.807, 2.05) is 0 Å². The van der Waals surface area contributed by atoms with E-state index in [1.165, 1.54) is 0 Å². The molecule has 1 fully saturated rings. The molecule has 0 radical (unpaired) electrons. The van der Waals surface area contributed by atoms with Gasteiger partial charge in [0.05, 0.1) is 5.92 Å². The van der Waals surface area contributed by atoms with Crippen LogP contribution < -0.4 is 10.1 Å². The van der Waals surface area contributed by atoms with Gasteiger partial charge in [-0.3, -0.25) is 4.79 Å². The second-order valence-electron chi connectivity index (χ2n) is 4.34. The molecule has 4 nitrogen and oxygen atoms in total. The molecule has 0 spiro atoms. The Morgan fingerprint density at radius 2 is 2.00 bits per heavy atom. The second kappa shape index (κ2) is 5.48. The van der Waals surface area contributed by atoms with Gasteiger partial charge in [-0.2, -0.15) is 4.39 Å². The first-order chi connectivity index (χ1) is 8.99. The number of hydrogen-bond donors (Lipinski definition) is 2. The van der Waals surface area contributed by atoms with Gasteiger partial charge in [0.1, 0.15) is 6.10 Å². The van der Waals surface area contributed by atoms with Crippen molar-refractivity contribution in [3.63, 3.8) is 0 Å². The molecule has 0 saturated carbocycles. The zero-order chi connectivity index (χ0) is 14.0. The Balaban J connectivity index is 2.09. The predicted molar refractivity (Wildman–Crippen MR) is 59.3 cm³/mol. The van der Waals surface area contributed by atoms with Crippen molar-refractivity contribution in [3.8, 4) is 5.75 Å². The van der Waals surface area contributed by atoms with Gasteiger partial charge in [0.25, 0.3) is 0 Å². The molecular formula is C12H12F3NO3. The largest absolute Gasteiger partial charge is 0.486 e. The summed E-state index contributed by atoms with van der Waals surface area (Å²) in [5.74, 6) is -6.35. The maximum absolute atomic E-state index is 13.4. The number of carboxylic acids is 1. The van der Waals surface area contributed by atoms with Gasteiger partial charge in [0.2, 0.25) is 5.82 Å². The minimum absolute atomic E-state index is 0.181. The van der Waals surface area contributed by atoms with Crippen LogP contribution in [0.2, 0.25) is 0 Å². The molecule has 19 heavy (non-hydrogen) atoms. The van der Waals surface area contributed by atoms with E-state index in [2.05, 4.69) is 5.32 Å². The minimum atomic E-state index is -1.60. The van der Waals surface area contributed by atoms with Crippen LogP contribution in [-0.4, -0.2) is 30.3 Å². The van der Waals surface area contributed by atoms with E-state index in [0.717, 1.165) is 12.1 Å². The van der Waals surface area contributed by atoms with E-state index in [9.17, 15) is 18.0 Å². The maximum Gasteiger partial charge on any atom is 0.307 e. The van der Waals surface area contributed by atoms with E-state index in [4.69, 9.17) is 9.84 Å². The van der Waals surface area contributed by atoms with Crippen LogP contribution >= 0.6 is 0 Å². The number of piperidine rings is 1. The lowest BCUT2D eigenvalue weighted by atomic mass is 9.98. The summed E-state index contributed by atoms with van der Waals surface area (Å²) in [6.07, 6.45) is -0.421. The van der Waals surface area contributed by atoms with Crippen LogP contribution in [0.15, 0.2) is 12.1 Å². The van der Waals surface area contributed by atoms with E-state index in [1.54, 1.807) is 0 Å². The summed E-state index contributed by atoms with van der Waals surface area (Å²) >= 11 is 0. The lowest BCUT2D eigenvalue weighted by Crippen LogP contribution is -2.45. The highest BCUT2D eigenvalue weighted by molar-refractivity contribution is 5.70. The van der Waals surface area contributed by atoms with Crippen LogP contribution in [0.3, 0.4) is 0 Å². The Labute approximate surface area is 107 Å². The lowest BCUT2D eigenvalue weighted by Gasteiger charge is -2.28. The van der Waals surface area contributed by atoms with Crippen molar-refractivity contribution in [1.82, 2.24) is 5.32 Å². The Morgan fingerprint density at radius 1 is 1.26 bits per heavy atom.